The van der Waals surface area contributed by atoms with Crippen molar-refractivity contribution in [3.05, 3.63) is 59.8 Å². The first-order valence-electron chi connectivity index (χ1n) is 10.9. The number of likely N-dealkylation sites (N-methyl/N-ethyl adjacent to an activating group) is 1. The number of amides is 1. The highest BCUT2D eigenvalue weighted by Gasteiger charge is 2.34. The molecule has 0 bridgehead atoms. The Morgan fingerprint density at radius 1 is 1.25 bits per heavy atom. The van der Waals surface area contributed by atoms with Gasteiger partial charge < -0.3 is 19.9 Å². The summed E-state index contributed by atoms with van der Waals surface area (Å²) in [5.74, 6) is 0.936. The Morgan fingerprint density at radius 2 is 2.00 bits per heavy atom. The molecule has 0 saturated heterocycles. The number of aromatic amines is 1. The van der Waals surface area contributed by atoms with Gasteiger partial charge in [-0.05, 0) is 76.0 Å². The molecule has 1 unspecified atom stereocenters. The number of fused-ring (bicyclic) bond motifs is 1. The van der Waals surface area contributed by atoms with E-state index in [4.69, 9.17) is 4.74 Å². The molecule has 1 amide bonds. The second-order valence-electron chi connectivity index (χ2n) is 8.82. The monoisotopic (exact) mass is 433 g/mol. The van der Waals surface area contributed by atoms with E-state index in [0.29, 0.717) is 17.5 Å². The Balaban J connectivity index is 1.77. The number of benzene rings is 2. The molecule has 1 aliphatic heterocycles. The minimum atomic E-state index is -0.134. The maximum atomic E-state index is 13.2. The molecule has 2 aromatic carbocycles. The first kappa shape index (κ1) is 21.9. The topological polar surface area (TPSA) is 73.5 Å². The average Bonchev–Trinajstić information content (AvgIpc) is 3.42. The first-order valence-corrected chi connectivity index (χ1v) is 10.9. The number of nitrogens with one attached hydrogen (secondary N) is 2. The van der Waals surface area contributed by atoms with E-state index >= 15 is 0 Å². The lowest BCUT2D eigenvalue weighted by atomic mass is 9.94. The van der Waals surface area contributed by atoms with Crippen molar-refractivity contribution in [2.45, 2.75) is 25.8 Å². The zero-order valence-electron chi connectivity index (χ0n) is 19.3. The highest BCUT2D eigenvalue weighted by Crippen LogP contribution is 2.45. The molecule has 7 nitrogen and oxygen atoms in total. The molecule has 0 spiro atoms. The number of ether oxygens (including phenoxy) is 1. The van der Waals surface area contributed by atoms with Crippen molar-refractivity contribution in [1.82, 2.24) is 15.1 Å². The van der Waals surface area contributed by atoms with E-state index in [1.165, 1.54) is 11.3 Å². The fourth-order valence-corrected chi connectivity index (χ4v) is 4.40. The van der Waals surface area contributed by atoms with Gasteiger partial charge in [-0.15, -0.1) is 0 Å². The predicted octanol–water partition coefficient (Wildman–Crippen LogP) is 4.21. The van der Waals surface area contributed by atoms with E-state index in [2.05, 4.69) is 59.3 Å². The van der Waals surface area contributed by atoms with Gasteiger partial charge in [0.25, 0.3) is 5.91 Å². The molecule has 2 N–H and O–H groups in total. The highest BCUT2D eigenvalue weighted by molar-refractivity contribution is 6.06. The molecule has 0 radical (unpaired) electrons. The zero-order chi connectivity index (χ0) is 22.8. The third-order valence-electron chi connectivity index (χ3n) is 5.89. The van der Waals surface area contributed by atoms with Crippen LogP contribution in [0.5, 0.6) is 5.75 Å². The van der Waals surface area contributed by atoms with Crippen LogP contribution in [0, 0.1) is 0 Å². The van der Waals surface area contributed by atoms with Crippen molar-refractivity contribution in [1.29, 1.82) is 0 Å². The van der Waals surface area contributed by atoms with Gasteiger partial charge in [0.2, 0.25) is 0 Å². The van der Waals surface area contributed by atoms with Crippen LogP contribution < -0.4 is 15.0 Å². The van der Waals surface area contributed by atoms with Gasteiger partial charge in [0.05, 0.1) is 18.5 Å². The molecule has 0 saturated carbocycles. The summed E-state index contributed by atoms with van der Waals surface area (Å²) in [6.07, 6.45) is 1.75. The second kappa shape index (κ2) is 9.04. The number of carbonyl (C=O) groups excluding carboxylic acids is 1. The van der Waals surface area contributed by atoms with Crippen LogP contribution in [0.25, 0.3) is 11.3 Å². The van der Waals surface area contributed by atoms with Crippen molar-refractivity contribution in [2.75, 3.05) is 44.5 Å². The van der Waals surface area contributed by atoms with Gasteiger partial charge in [0.1, 0.15) is 5.75 Å². The van der Waals surface area contributed by atoms with Crippen molar-refractivity contribution in [3.8, 4) is 17.0 Å². The average molecular weight is 434 g/mol. The molecule has 4 rings (SSSR count). The zero-order valence-corrected chi connectivity index (χ0v) is 19.3. The number of hydrogen-bond donors (Lipinski definition) is 2. The quantitative estimate of drug-likeness (QED) is 0.584. The van der Waals surface area contributed by atoms with Crippen LogP contribution in [-0.2, 0) is 0 Å². The van der Waals surface area contributed by atoms with Gasteiger partial charge in [-0.3, -0.25) is 9.89 Å². The molecular formula is C25H31N5O2. The third kappa shape index (κ3) is 4.34. The summed E-state index contributed by atoms with van der Waals surface area (Å²) >= 11 is 0. The molecule has 7 heteroatoms. The molecule has 32 heavy (non-hydrogen) atoms. The minimum absolute atomic E-state index is 0.134. The number of hydrogen-bond acceptors (Lipinski definition) is 5. The molecule has 1 aromatic heterocycles. The van der Waals surface area contributed by atoms with Gasteiger partial charge in [0.15, 0.2) is 0 Å². The van der Waals surface area contributed by atoms with Crippen LogP contribution in [0.4, 0.5) is 11.4 Å². The molecule has 0 aliphatic carbocycles. The maximum Gasteiger partial charge on any atom is 0.255 e. The lowest BCUT2D eigenvalue weighted by Gasteiger charge is -2.27. The standard InChI is InChI=1S/C25H31N5O2/c1-16(2)30-15-18(14-29(3)4)21-12-17(13-22(24(21)30)23-10-11-26-28-23)25(31)27-19-6-8-20(32-5)9-7-19/h6-13,16,18H,14-15H2,1-5H3,(H,26,28)(H,27,31). The fraction of sp³-hybridized carbons (Fsp3) is 0.360. The molecule has 3 aromatic rings. The molecular weight excluding hydrogens is 402 g/mol. The Kier molecular flexibility index (Phi) is 6.19. The number of methoxy groups -OCH3 is 1. The Morgan fingerprint density at radius 3 is 2.59 bits per heavy atom. The van der Waals surface area contributed by atoms with E-state index in [0.717, 1.165) is 35.8 Å². The summed E-state index contributed by atoms with van der Waals surface area (Å²) in [7, 11) is 5.81. The smallest absolute Gasteiger partial charge is 0.255 e. The van der Waals surface area contributed by atoms with Gasteiger partial charge in [-0.2, -0.15) is 5.10 Å². The van der Waals surface area contributed by atoms with Gasteiger partial charge >= 0.3 is 0 Å². The molecule has 168 valence electrons. The summed E-state index contributed by atoms with van der Waals surface area (Å²) < 4.78 is 5.21. The van der Waals surface area contributed by atoms with Crippen molar-refractivity contribution < 1.29 is 9.53 Å². The van der Waals surface area contributed by atoms with Gasteiger partial charge in [0, 0.05) is 48.1 Å². The number of aromatic nitrogens is 2. The Bertz CT molecular complexity index is 1070. The van der Waals surface area contributed by atoms with E-state index in [1.807, 2.05) is 36.4 Å². The van der Waals surface area contributed by atoms with E-state index in [9.17, 15) is 4.79 Å². The fourth-order valence-electron chi connectivity index (χ4n) is 4.40. The van der Waals surface area contributed by atoms with Gasteiger partial charge in [-0.1, -0.05) is 0 Å². The summed E-state index contributed by atoms with van der Waals surface area (Å²) in [4.78, 5) is 17.9. The lowest BCUT2D eigenvalue weighted by molar-refractivity contribution is 0.102. The van der Waals surface area contributed by atoms with Crippen LogP contribution in [0.15, 0.2) is 48.7 Å². The normalized spacial score (nSPS) is 15.3. The number of carbonyl (C=O) groups is 1. The summed E-state index contributed by atoms with van der Waals surface area (Å²) in [6.45, 7) is 6.27. The molecule has 2 heterocycles. The van der Waals surface area contributed by atoms with E-state index < -0.39 is 0 Å². The SMILES string of the molecule is COc1ccc(NC(=O)c2cc(-c3ccn[nH]3)c3c(c2)C(CN(C)C)CN3C(C)C)cc1. The van der Waals surface area contributed by atoms with Gasteiger partial charge in [-0.25, -0.2) is 0 Å². The summed E-state index contributed by atoms with van der Waals surface area (Å²) in [5, 5.41) is 10.3. The van der Waals surface area contributed by atoms with E-state index in [-0.39, 0.29) is 5.91 Å². The predicted molar refractivity (Wildman–Crippen MR) is 129 cm³/mol. The largest absolute Gasteiger partial charge is 0.497 e. The second-order valence-corrected chi connectivity index (χ2v) is 8.82. The maximum absolute atomic E-state index is 13.2. The Hall–Kier alpha value is -3.32. The van der Waals surface area contributed by atoms with Crippen molar-refractivity contribution >= 4 is 17.3 Å². The molecule has 1 aliphatic rings. The first-order chi connectivity index (χ1) is 15.4. The molecule has 0 fully saturated rings. The van der Waals surface area contributed by atoms with Crippen LogP contribution in [-0.4, -0.2) is 61.3 Å². The van der Waals surface area contributed by atoms with Crippen LogP contribution in [0.3, 0.4) is 0 Å². The summed E-state index contributed by atoms with van der Waals surface area (Å²) in [6, 6.07) is 13.7. The van der Waals surface area contributed by atoms with Crippen LogP contribution in [0.1, 0.15) is 35.7 Å². The number of H-pyrrole nitrogens is 1. The van der Waals surface area contributed by atoms with Crippen molar-refractivity contribution in [2.24, 2.45) is 0 Å². The third-order valence-corrected chi connectivity index (χ3v) is 5.89. The highest BCUT2D eigenvalue weighted by atomic mass is 16.5. The Labute approximate surface area is 189 Å². The van der Waals surface area contributed by atoms with E-state index in [1.54, 1.807) is 13.3 Å². The number of rotatable bonds is 7. The minimum Gasteiger partial charge on any atom is -0.497 e. The van der Waals surface area contributed by atoms with Crippen LogP contribution in [0.2, 0.25) is 0 Å². The van der Waals surface area contributed by atoms with Crippen LogP contribution >= 0.6 is 0 Å². The van der Waals surface area contributed by atoms with Crippen molar-refractivity contribution in [3.63, 3.8) is 0 Å². The number of nitrogens with zero attached hydrogens (tertiary/aromatic N) is 3. The number of anilines is 2. The lowest BCUT2D eigenvalue weighted by Crippen LogP contribution is -2.32. The summed E-state index contributed by atoms with van der Waals surface area (Å²) in [5.41, 5.74) is 5.69. The molecule has 1 atom stereocenters.